The third-order valence-corrected chi connectivity index (χ3v) is 5.71. The number of urea groups is 1. The van der Waals surface area contributed by atoms with Gasteiger partial charge in [0, 0.05) is 52.4 Å². The Labute approximate surface area is 164 Å². The summed E-state index contributed by atoms with van der Waals surface area (Å²) in [6, 6.07) is 7.52. The van der Waals surface area contributed by atoms with Crippen molar-refractivity contribution in [3.63, 3.8) is 0 Å². The van der Waals surface area contributed by atoms with Crippen LogP contribution in [0.15, 0.2) is 24.3 Å². The Hall–Kier alpha value is -2.81. The second-order valence-electron chi connectivity index (χ2n) is 7.55. The predicted molar refractivity (Wildman–Crippen MR) is 105 cm³/mol. The van der Waals surface area contributed by atoms with Gasteiger partial charge in [0.1, 0.15) is 0 Å². The van der Waals surface area contributed by atoms with Crippen LogP contribution in [0, 0.1) is 0 Å². The topological polar surface area (TPSA) is 88.2 Å². The van der Waals surface area contributed by atoms with Crippen molar-refractivity contribution < 1.29 is 14.4 Å². The molecule has 3 saturated heterocycles. The van der Waals surface area contributed by atoms with Gasteiger partial charge in [0.25, 0.3) is 0 Å². The van der Waals surface area contributed by atoms with Crippen molar-refractivity contribution in [1.29, 1.82) is 0 Å². The second kappa shape index (κ2) is 7.67. The number of hydrogen-bond donors (Lipinski definition) is 2. The molecule has 0 unspecified atom stereocenters. The molecule has 4 amide bonds. The van der Waals surface area contributed by atoms with Crippen LogP contribution in [-0.2, 0) is 9.59 Å². The zero-order valence-corrected chi connectivity index (χ0v) is 16.1. The van der Waals surface area contributed by atoms with E-state index in [0.29, 0.717) is 26.2 Å². The van der Waals surface area contributed by atoms with Gasteiger partial charge in [-0.05, 0) is 19.2 Å². The van der Waals surface area contributed by atoms with Gasteiger partial charge in [-0.3, -0.25) is 9.59 Å². The Morgan fingerprint density at radius 1 is 1.07 bits per heavy atom. The first-order valence-corrected chi connectivity index (χ1v) is 9.70. The van der Waals surface area contributed by atoms with Crippen molar-refractivity contribution in [2.75, 3.05) is 69.6 Å². The summed E-state index contributed by atoms with van der Waals surface area (Å²) in [6.07, 6.45) is 0. The lowest BCUT2D eigenvalue weighted by atomic mass is 10.1. The first kappa shape index (κ1) is 18.5. The quantitative estimate of drug-likeness (QED) is 0.676. The maximum absolute atomic E-state index is 12.9. The Morgan fingerprint density at radius 2 is 1.82 bits per heavy atom. The average molecular weight is 386 g/mol. The molecule has 1 aromatic carbocycles. The molecule has 150 valence electrons. The molecule has 0 bridgehead atoms. The summed E-state index contributed by atoms with van der Waals surface area (Å²) >= 11 is 0. The zero-order valence-electron chi connectivity index (χ0n) is 16.1. The minimum atomic E-state index is -0.560. The van der Waals surface area contributed by atoms with Crippen LogP contribution in [-0.4, -0.2) is 98.0 Å². The molecule has 2 N–H and O–H groups in total. The highest BCUT2D eigenvalue weighted by atomic mass is 16.2. The van der Waals surface area contributed by atoms with Gasteiger partial charge in [-0.2, -0.15) is 0 Å². The lowest BCUT2D eigenvalue weighted by molar-refractivity contribution is -0.152. The maximum atomic E-state index is 12.9. The molecule has 9 nitrogen and oxygen atoms in total. The number of likely N-dealkylation sites (N-methyl/N-ethyl adjacent to an activating group) is 1. The van der Waals surface area contributed by atoms with Crippen molar-refractivity contribution in [3.05, 3.63) is 24.3 Å². The molecule has 28 heavy (non-hydrogen) atoms. The fraction of sp³-hybridized carbons (Fsp3) is 0.526. The van der Waals surface area contributed by atoms with E-state index in [1.807, 2.05) is 24.3 Å². The van der Waals surface area contributed by atoms with Crippen LogP contribution in [0.1, 0.15) is 0 Å². The number of fused-ring (bicyclic) bond motifs is 1. The highest BCUT2D eigenvalue weighted by Crippen LogP contribution is 2.27. The Balaban J connectivity index is 1.42. The third-order valence-electron chi connectivity index (χ3n) is 5.71. The summed E-state index contributed by atoms with van der Waals surface area (Å²) in [4.78, 5) is 44.2. The normalized spacial score (nSPS) is 23.3. The van der Waals surface area contributed by atoms with E-state index in [2.05, 4.69) is 27.5 Å². The van der Waals surface area contributed by atoms with E-state index in [1.165, 1.54) is 0 Å². The molecule has 0 aliphatic carbocycles. The maximum Gasteiger partial charge on any atom is 0.322 e. The van der Waals surface area contributed by atoms with Gasteiger partial charge in [0.2, 0.25) is 0 Å². The number of nitrogens with one attached hydrogen (secondary N) is 2. The molecular formula is C19H26N6O3. The molecule has 3 aliphatic rings. The highest BCUT2D eigenvalue weighted by molar-refractivity contribution is 6.35. The SMILES string of the molecule is CN1CCN(c2ccccc2NC(=O)N2CCN3C(=O)C(=O)NC[C@@H]3C2)CC1. The number of anilines is 2. The Kier molecular flexibility index (Phi) is 5.08. The third kappa shape index (κ3) is 3.62. The van der Waals surface area contributed by atoms with E-state index in [4.69, 9.17) is 0 Å². The summed E-state index contributed by atoms with van der Waals surface area (Å²) in [7, 11) is 2.11. The smallest absolute Gasteiger partial charge is 0.322 e. The predicted octanol–water partition coefficient (Wildman–Crippen LogP) is -0.387. The molecule has 3 fully saturated rings. The largest absolute Gasteiger partial charge is 0.367 e. The van der Waals surface area contributed by atoms with Crippen molar-refractivity contribution >= 4 is 29.2 Å². The minimum absolute atomic E-state index is 0.169. The fourth-order valence-corrected chi connectivity index (χ4v) is 4.00. The number of rotatable bonds is 2. The minimum Gasteiger partial charge on any atom is -0.367 e. The van der Waals surface area contributed by atoms with Crippen LogP contribution < -0.4 is 15.5 Å². The van der Waals surface area contributed by atoms with E-state index in [1.54, 1.807) is 9.80 Å². The number of carbonyl (C=O) groups excluding carboxylic acids is 3. The Morgan fingerprint density at radius 3 is 2.61 bits per heavy atom. The first-order valence-electron chi connectivity index (χ1n) is 9.70. The molecule has 0 radical (unpaired) electrons. The summed E-state index contributed by atoms with van der Waals surface area (Å²) in [6.45, 7) is 5.42. The van der Waals surface area contributed by atoms with Crippen molar-refractivity contribution in [2.24, 2.45) is 0 Å². The molecule has 0 saturated carbocycles. The Bertz CT molecular complexity index is 777. The average Bonchev–Trinajstić information content (AvgIpc) is 2.71. The van der Waals surface area contributed by atoms with Crippen LogP contribution in [0.2, 0.25) is 0 Å². The van der Waals surface area contributed by atoms with Crippen LogP contribution in [0.25, 0.3) is 0 Å². The standard InChI is InChI=1S/C19H26N6O3/c1-22-6-8-23(9-7-22)16-5-3-2-4-15(16)21-19(28)24-10-11-25-14(13-24)12-20-17(26)18(25)27/h2-5,14H,6-13H2,1H3,(H,20,26)(H,21,28)/t14-/m1/s1. The van der Waals surface area contributed by atoms with E-state index in [9.17, 15) is 14.4 Å². The molecule has 4 rings (SSSR count). The number of nitrogens with zero attached hydrogens (tertiary/aromatic N) is 4. The van der Waals surface area contributed by atoms with Gasteiger partial charge in [-0.15, -0.1) is 0 Å². The molecular weight excluding hydrogens is 360 g/mol. The van der Waals surface area contributed by atoms with E-state index in [0.717, 1.165) is 37.6 Å². The van der Waals surface area contributed by atoms with Crippen molar-refractivity contribution in [3.8, 4) is 0 Å². The van der Waals surface area contributed by atoms with Crippen LogP contribution in [0.3, 0.4) is 0 Å². The molecule has 1 aromatic rings. The van der Waals surface area contributed by atoms with Crippen molar-refractivity contribution in [1.82, 2.24) is 20.0 Å². The first-order chi connectivity index (χ1) is 13.5. The summed E-state index contributed by atoms with van der Waals surface area (Å²) in [5, 5.41) is 5.64. The van der Waals surface area contributed by atoms with E-state index >= 15 is 0 Å². The number of carbonyl (C=O) groups is 3. The van der Waals surface area contributed by atoms with Gasteiger partial charge in [0.15, 0.2) is 0 Å². The number of benzene rings is 1. The monoisotopic (exact) mass is 386 g/mol. The molecule has 1 atom stereocenters. The zero-order chi connectivity index (χ0) is 19.7. The van der Waals surface area contributed by atoms with E-state index in [-0.39, 0.29) is 12.1 Å². The van der Waals surface area contributed by atoms with Gasteiger partial charge in [-0.25, -0.2) is 4.79 Å². The van der Waals surface area contributed by atoms with Gasteiger partial charge in [0.05, 0.1) is 17.4 Å². The molecule has 0 spiro atoms. The number of hydrogen-bond acceptors (Lipinski definition) is 5. The number of para-hydroxylation sites is 2. The summed E-state index contributed by atoms with van der Waals surface area (Å²) in [5.41, 5.74) is 1.83. The molecule has 3 heterocycles. The number of amides is 4. The lowest BCUT2D eigenvalue weighted by Gasteiger charge is -2.43. The van der Waals surface area contributed by atoms with Crippen LogP contribution in [0.5, 0.6) is 0 Å². The fourth-order valence-electron chi connectivity index (χ4n) is 4.00. The summed E-state index contributed by atoms with van der Waals surface area (Å²) < 4.78 is 0. The van der Waals surface area contributed by atoms with Gasteiger partial charge >= 0.3 is 17.8 Å². The van der Waals surface area contributed by atoms with Crippen LogP contribution >= 0.6 is 0 Å². The molecule has 3 aliphatic heterocycles. The molecule has 9 heteroatoms. The highest BCUT2D eigenvalue weighted by Gasteiger charge is 2.38. The lowest BCUT2D eigenvalue weighted by Crippen LogP contribution is -2.66. The van der Waals surface area contributed by atoms with Gasteiger partial charge in [-0.1, -0.05) is 12.1 Å². The molecule has 0 aromatic heterocycles. The van der Waals surface area contributed by atoms with Crippen molar-refractivity contribution in [2.45, 2.75) is 6.04 Å². The summed E-state index contributed by atoms with van der Waals surface area (Å²) in [5.74, 6) is -1.06. The van der Waals surface area contributed by atoms with Gasteiger partial charge < -0.3 is 30.2 Å². The van der Waals surface area contributed by atoms with E-state index < -0.39 is 11.8 Å². The second-order valence-corrected chi connectivity index (χ2v) is 7.55. The van der Waals surface area contributed by atoms with Crippen LogP contribution in [0.4, 0.5) is 16.2 Å². The number of piperazine rings is 3.